The van der Waals surface area contributed by atoms with Crippen LogP contribution in [0.5, 0.6) is 0 Å². The number of hydrogen-bond acceptors (Lipinski definition) is 3. The van der Waals surface area contributed by atoms with E-state index in [1.807, 2.05) is 32.0 Å². The Labute approximate surface area is 116 Å². The number of carbonyl (C=O) groups is 1. The molecule has 4 heteroatoms. The van der Waals surface area contributed by atoms with E-state index in [9.17, 15) is 9.59 Å². The number of aromatic nitrogens is 1. The molecule has 0 radical (unpaired) electrons. The summed E-state index contributed by atoms with van der Waals surface area (Å²) in [5.74, 6) is -0.189. The molecule has 0 aliphatic carbocycles. The van der Waals surface area contributed by atoms with E-state index in [2.05, 4.69) is 4.98 Å². The molecule has 0 bridgehead atoms. The van der Waals surface area contributed by atoms with E-state index in [-0.39, 0.29) is 11.3 Å². The first-order valence-electron chi connectivity index (χ1n) is 6.20. The minimum Gasteiger partial charge on any atom is -0.320 e. The predicted molar refractivity (Wildman–Crippen MR) is 76.7 cm³/mol. The van der Waals surface area contributed by atoms with Gasteiger partial charge < -0.3 is 4.98 Å². The zero-order valence-electron chi connectivity index (χ0n) is 11.6. The summed E-state index contributed by atoms with van der Waals surface area (Å²) in [7, 11) is 0. The Bertz CT molecular complexity index is 795. The number of ketones is 1. The molecule has 0 unspecified atom stereocenters. The molecule has 0 saturated heterocycles. The van der Waals surface area contributed by atoms with Gasteiger partial charge in [0.1, 0.15) is 11.6 Å². The number of nitriles is 1. The van der Waals surface area contributed by atoms with E-state index in [0.29, 0.717) is 11.3 Å². The van der Waals surface area contributed by atoms with Crippen molar-refractivity contribution in [3.05, 3.63) is 56.9 Å². The van der Waals surface area contributed by atoms with Gasteiger partial charge in [-0.05, 0) is 49.6 Å². The maximum absolute atomic E-state index is 11.8. The van der Waals surface area contributed by atoms with E-state index in [4.69, 9.17) is 5.26 Å². The van der Waals surface area contributed by atoms with Crippen molar-refractivity contribution in [2.24, 2.45) is 0 Å². The van der Waals surface area contributed by atoms with E-state index >= 15 is 0 Å². The van der Waals surface area contributed by atoms with Crippen LogP contribution >= 0.6 is 0 Å². The molecule has 20 heavy (non-hydrogen) atoms. The van der Waals surface area contributed by atoms with Gasteiger partial charge in [-0.15, -0.1) is 0 Å². The normalized spacial score (nSPS) is 10.1. The van der Waals surface area contributed by atoms with Crippen LogP contribution in [0.25, 0.3) is 11.3 Å². The van der Waals surface area contributed by atoms with E-state index in [1.165, 1.54) is 13.0 Å². The zero-order valence-corrected chi connectivity index (χ0v) is 11.6. The molecule has 0 fully saturated rings. The maximum Gasteiger partial charge on any atom is 0.266 e. The molecule has 1 N–H and O–H groups in total. The minimum absolute atomic E-state index is 0.0530. The van der Waals surface area contributed by atoms with Crippen LogP contribution in [0, 0.1) is 25.2 Å². The van der Waals surface area contributed by atoms with Crippen LogP contribution in [-0.4, -0.2) is 10.8 Å². The van der Waals surface area contributed by atoms with E-state index < -0.39 is 5.56 Å². The van der Waals surface area contributed by atoms with Crippen LogP contribution in [0.1, 0.15) is 34.0 Å². The number of pyridine rings is 1. The third kappa shape index (κ3) is 2.39. The number of carbonyl (C=O) groups excluding carboxylic acids is 1. The summed E-state index contributed by atoms with van der Waals surface area (Å²) in [6.07, 6.45) is 0. The first kappa shape index (κ1) is 13.8. The predicted octanol–water partition coefficient (Wildman–Crippen LogP) is 2.73. The lowest BCUT2D eigenvalue weighted by Gasteiger charge is -2.09. The standard InChI is InChI=1S/C16H14N2O2/c1-9-4-5-12(6-10(9)2)15-14(11(3)19)7-13(8-17)16(20)18-15/h4-7H,1-3H3,(H,18,20). The van der Waals surface area contributed by atoms with Crippen molar-refractivity contribution in [2.45, 2.75) is 20.8 Å². The van der Waals surface area contributed by atoms with Gasteiger partial charge in [0.05, 0.1) is 5.69 Å². The minimum atomic E-state index is -0.481. The molecule has 0 spiro atoms. The monoisotopic (exact) mass is 266 g/mol. The van der Waals surface area contributed by atoms with Gasteiger partial charge >= 0.3 is 0 Å². The summed E-state index contributed by atoms with van der Waals surface area (Å²) >= 11 is 0. The average Bonchev–Trinajstić information content (AvgIpc) is 2.41. The largest absolute Gasteiger partial charge is 0.320 e. The second-order valence-electron chi connectivity index (χ2n) is 4.77. The van der Waals surface area contributed by atoms with Crippen molar-refractivity contribution >= 4 is 5.78 Å². The summed E-state index contributed by atoms with van der Waals surface area (Å²) in [6, 6.07) is 8.85. The van der Waals surface area contributed by atoms with Gasteiger partial charge in [-0.1, -0.05) is 12.1 Å². The number of nitrogens with one attached hydrogen (secondary N) is 1. The highest BCUT2D eigenvalue weighted by molar-refractivity contribution is 6.00. The second-order valence-corrected chi connectivity index (χ2v) is 4.77. The summed E-state index contributed by atoms with van der Waals surface area (Å²) in [6.45, 7) is 5.37. The molecule has 4 nitrogen and oxygen atoms in total. The molecule has 0 saturated carbocycles. The number of H-pyrrole nitrogens is 1. The highest BCUT2D eigenvalue weighted by Crippen LogP contribution is 2.23. The van der Waals surface area contributed by atoms with Crippen molar-refractivity contribution in [2.75, 3.05) is 0 Å². The van der Waals surface area contributed by atoms with E-state index in [0.717, 1.165) is 16.7 Å². The van der Waals surface area contributed by atoms with Crippen molar-refractivity contribution < 1.29 is 4.79 Å². The quantitative estimate of drug-likeness (QED) is 0.849. The maximum atomic E-state index is 11.8. The van der Waals surface area contributed by atoms with Crippen molar-refractivity contribution in [3.8, 4) is 17.3 Å². The van der Waals surface area contributed by atoms with Gasteiger partial charge in [-0.2, -0.15) is 5.26 Å². The molecule has 0 aliphatic heterocycles. The highest BCUT2D eigenvalue weighted by atomic mass is 16.1. The Balaban J connectivity index is 2.76. The summed E-state index contributed by atoms with van der Waals surface area (Å²) in [4.78, 5) is 26.2. The fraction of sp³-hybridized carbons (Fsp3) is 0.188. The van der Waals surface area contributed by atoms with Gasteiger partial charge in [0.15, 0.2) is 5.78 Å². The number of nitrogens with zero attached hydrogens (tertiary/aromatic N) is 1. The third-order valence-corrected chi connectivity index (χ3v) is 3.34. The Morgan fingerprint density at radius 2 is 1.90 bits per heavy atom. The molecule has 2 rings (SSSR count). The molecular weight excluding hydrogens is 252 g/mol. The lowest BCUT2D eigenvalue weighted by molar-refractivity contribution is 0.101. The first-order valence-corrected chi connectivity index (χ1v) is 6.20. The molecular formula is C16H14N2O2. The molecule has 0 atom stereocenters. The lowest BCUT2D eigenvalue weighted by Crippen LogP contribution is -2.14. The van der Waals surface area contributed by atoms with Crippen molar-refractivity contribution in [1.29, 1.82) is 5.26 Å². The second kappa shape index (κ2) is 5.14. The number of rotatable bonds is 2. The topological polar surface area (TPSA) is 73.7 Å². The molecule has 1 heterocycles. The summed E-state index contributed by atoms with van der Waals surface area (Å²) in [5.41, 5.74) is 3.25. The molecule has 0 amide bonds. The molecule has 1 aromatic carbocycles. The van der Waals surface area contributed by atoms with Crippen LogP contribution < -0.4 is 5.56 Å². The lowest BCUT2D eigenvalue weighted by atomic mass is 9.98. The number of aryl methyl sites for hydroxylation is 2. The fourth-order valence-electron chi connectivity index (χ4n) is 2.02. The Morgan fingerprint density at radius 1 is 1.20 bits per heavy atom. The van der Waals surface area contributed by atoms with Crippen LogP contribution in [-0.2, 0) is 0 Å². The first-order chi connectivity index (χ1) is 9.43. The molecule has 2 aromatic rings. The Hall–Kier alpha value is -2.67. The van der Waals surface area contributed by atoms with Gasteiger partial charge in [-0.3, -0.25) is 9.59 Å². The third-order valence-electron chi connectivity index (χ3n) is 3.34. The van der Waals surface area contributed by atoms with Gasteiger partial charge in [0, 0.05) is 5.56 Å². The SMILES string of the molecule is CC(=O)c1cc(C#N)c(=O)[nH]c1-c1ccc(C)c(C)c1. The van der Waals surface area contributed by atoms with Crippen molar-refractivity contribution in [1.82, 2.24) is 4.98 Å². The van der Waals surface area contributed by atoms with Crippen LogP contribution in [0.15, 0.2) is 29.1 Å². The summed E-state index contributed by atoms with van der Waals surface area (Å²) < 4.78 is 0. The number of benzene rings is 1. The van der Waals surface area contributed by atoms with Gasteiger partial charge in [-0.25, -0.2) is 0 Å². The number of hydrogen-bond donors (Lipinski definition) is 1. The Morgan fingerprint density at radius 3 is 2.45 bits per heavy atom. The summed E-state index contributed by atoms with van der Waals surface area (Å²) in [5, 5.41) is 8.89. The van der Waals surface area contributed by atoms with Crippen molar-refractivity contribution in [3.63, 3.8) is 0 Å². The van der Waals surface area contributed by atoms with Gasteiger partial charge in [0.25, 0.3) is 5.56 Å². The average molecular weight is 266 g/mol. The van der Waals surface area contributed by atoms with Gasteiger partial charge in [0.2, 0.25) is 0 Å². The number of Topliss-reactive ketones (excluding diaryl/α,β-unsaturated/α-hetero) is 1. The smallest absolute Gasteiger partial charge is 0.266 e. The van der Waals surface area contributed by atoms with Crippen LogP contribution in [0.4, 0.5) is 0 Å². The number of aromatic amines is 1. The molecule has 100 valence electrons. The fourth-order valence-corrected chi connectivity index (χ4v) is 2.02. The molecule has 1 aromatic heterocycles. The van der Waals surface area contributed by atoms with Crippen LogP contribution in [0.3, 0.4) is 0 Å². The van der Waals surface area contributed by atoms with Crippen LogP contribution in [0.2, 0.25) is 0 Å². The zero-order chi connectivity index (χ0) is 14.9. The Kier molecular flexibility index (Phi) is 3.53. The highest BCUT2D eigenvalue weighted by Gasteiger charge is 2.14. The molecule has 0 aliphatic rings. The van der Waals surface area contributed by atoms with E-state index in [1.54, 1.807) is 6.07 Å².